The predicted molar refractivity (Wildman–Crippen MR) is 41.4 cm³/mol. The minimum atomic E-state index is -0.115. The summed E-state index contributed by atoms with van der Waals surface area (Å²) in [6, 6.07) is 0. The highest BCUT2D eigenvalue weighted by Gasteiger charge is 2.34. The van der Waals surface area contributed by atoms with Crippen molar-refractivity contribution >= 4 is 0 Å². The molecule has 0 radical (unpaired) electrons. The van der Waals surface area contributed by atoms with Crippen LogP contribution in [0.1, 0.15) is 19.3 Å². The highest BCUT2D eigenvalue weighted by atomic mass is 16.6. The Balaban J connectivity index is 1.94. The minimum Gasteiger partial charge on any atom is -0.377 e. The molecular weight excluding hydrogens is 142 g/mol. The summed E-state index contributed by atoms with van der Waals surface area (Å²) in [6.45, 7) is 3.58. The van der Waals surface area contributed by atoms with Gasteiger partial charge in [-0.05, 0) is 19.3 Å². The van der Waals surface area contributed by atoms with Crippen LogP contribution in [0, 0.1) is 0 Å². The van der Waals surface area contributed by atoms with E-state index in [0.717, 1.165) is 45.6 Å². The molecular formula is C8H15NO2. The molecule has 2 saturated heterocycles. The van der Waals surface area contributed by atoms with Gasteiger partial charge < -0.3 is 9.47 Å². The molecule has 1 unspecified atom stereocenters. The van der Waals surface area contributed by atoms with Gasteiger partial charge in [0.05, 0.1) is 13.2 Å². The average Bonchev–Trinajstić information content (AvgIpc) is 2.07. The van der Waals surface area contributed by atoms with Crippen LogP contribution < -0.4 is 5.32 Å². The number of nitrogens with one attached hydrogen (secondary N) is 1. The molecule has 0 aliphatic carbocycles. The molecule has 2 aliphatic heterocycles. The first kappa shape index (κ1) is 7.53. The molecule has 0 saturated carbocycles. The van der Waals surface area contributed by atoms with Gasteiger partial charge in [0.25, 0.3) is 0 Å². The van der Waals surface area contributed by atoms with Gasteiger partial charge in [-0.3, -0.25) is 5.32 Å². The summed E-state index contributed by atoms with van der Waals surface area (Å²) in [7, 11) is 0. The van der Waals surface area contributed by atoms with Gasteiger partial charge in [-0.15, -0.1) is 0 Å². The van der Waals surface area contributed by atoms with Gasteiger partial charge in [-0.2, -0.15) is 0 Å². The third kappa shape index (κ3) is 1.55. The summed E-state index contributed by atoms with van der Waals surface area (Å²) in [4.78, 5) is 0. The lowest BCUT2D eigenvalue weighted by Gasteiger charge is -2.40. The zero-order valence-corrected chi connectivity index (χ0v) is 6.77. The molecule has 1 N–H and O–H groups in total. The fraction of sp³-hybridized carbons (Fsp3) is 1.00. The Morgan fingerprint density at radius 2 is 2.18 bits per heavy atom. The second-order valence-electron chi connectivity index (χ2n) is 3.28. The van der Waals surface area contributed by atoms with Crippen molar-refractivity contribution in [2.75, 3.05) is 26.4 Å². The maximum absolute atomic E-state index is 5.67. The van der Waals surface area contributed by atoms with E-state index in [1.54, 1.807) is 0 Å². The first-order valence-electron chi connectivity index (χ1n) is 4.38. The molecule has 2 aliphatic rings. The van der Waals surface area contributed by atoms with Crippen molar-refractivity contribution in [2.45, 2.75) is 25.0 Å². The van der Waals surface area contributed by atoms with E-state index >= 15 is 0 Å². The molecule has 3 nitrogen and oxygen atoms in total. The SMILES string of the molecule is C1CNC2(CCCOC2)OC1. The maximum atomic E-state index is 5.67. The molecule has 0 bridgehead atoms. The van der Waals surface area contributed by atoms with Crippen molar-refractivity contribution in [1.82, 2.24) is 5.32 Å². The quantitative estimate of drug-likeness (QED) is 0.555. The second kappa shape index (κ2) is 3.09. The predicted octanol–water partition coefficient (Wildman–Crippen LogP) is 0.503. The van der Waals surface area contributed by atoms with Gasteiger partial charge in [0.1, 0.15) is 5.72 Å². The summed E-state index contributed by atoms with van der Waals surface area (Å²) in [5.74, 6) is 0. The van der Waals surface area contributed by atoms with E-state index in [0.29, 0.717) is 0 Å². The monoisotopic (exact) mass is 157 g/mol. The summed E-state index contributed by atoms with van der Waals surface area (Å²) in [6.07, 6.45) is 3.35. The van der Waals surface area contributed by atoms with Crippen molar-refractivity contribution in [2.24, 2.45) is 0 Å². The molecule has 2 fully saturated rings. The van der Waals surface area contributed by atoms with Gasteiger partial charge in [0.15, 0.2) is 0 Å². The Labute approximate surface area is 67.1 Å². The number of ether oxygens (including phenoxy) is 2. The molecule has 64 valence electrons. The van der Waals surface area contributed by atoms with Gasteiger partial charge in [0.2, 0.25) is 0 Å². The lowest BCUT2D eigenvalue weighted by atomic mass is 10.0. The van der Waals surface area contributed by atoms with Crippen molar-refractivity contribution in [3.05, 3.63) is 0 Å². The van der Waals surface area contributed by atoms with E-state index in [-0.39, 0.29) is 5.72 Å². The maximum Gasteiger partial charge on any atom is 0.142 e. The normalized spacial score (nSPS) is 39.3. The van der Waals surface area contributed by atoms with Gasteiger partial charge in [0, 0.05) is 13.2 Å². The minimum absolute atomic E-state index is 0.115. The Bertz CT molecular complexity index is 107. The largest absolute Gasteiger partial charge is 0.377 e. The summed E-state index contributed by atoms with van der Waals surface area (Å²) in [5, 5.41) is 3.39. The van der Waals surface area contributed by atoms with E-state index < -0.39 is 0 Å². The van der Waals surface area contributed by atoms with Gasteiger partial charge >= 0.3 is 0 Å². The fourth-order valence-electron chi connectivity index (χ4n) is 1.73. The molecule has 0 aromatic heterocycles. The van der Waals surface area contributed by atoms with Crippen molar-refractivity contribution in [3.8, 4) is 0 Å². The molecule has 1 spiro atoms. The van der Waals surface area contributed by atoms with E-state index in [9.17, 15) is 0 Å². The van der Waals surface area contributed by atoms with Crippen molar-refractivity contribution in [3.63, 3.8) is 0 Å². The first-order chi connectivity index (χ1) is 5.41. The summed E-state index contributed by atoms with van der Waals surface area (Å²) >= 11 is 0. The summed E-state index contributed by atoms with van der Waals surface area (Å²) in [5.41, 5.74) is -0.115. The Morgan fingerprint density at radius 1 is 1.18 bits per heavy atom. The third-order valence-electron chi connectivity index (χ3n) is 2.35. The first-order valence-corrected chi connectivity index (χ1v) is 4.38. The van der Waals surface area contributed by atoms with Crippen LogP contribution in [-0.2, 0) is 9.47 Å². The molecule has 11 heavy (non-hydrogen) atoms. The third-order valence-corrected chi connectivity index (χ3v) is 2.35. The van der Waals surface area contributed by atoms with Crippen LogP contribution in [0.25, 0.3) is 0 Å². The van der Waals surface area contributed by atoms with Gasteiger partial charge in [-0.1, -0.05) is 0 Å². The highest BCUT2D eigenvalue weighted by Crippen LogP contribution is 2.22. The van der Waals surface area contributed by atoms with Crippen LogP contribution in [0.2, 0.25) is 0 Å². The lowest BCUT2D eigenvalue weighted by Crippen LogP contribution is -2.56. The van der Waals surface area contributed by atoms with Crippen LogP contribution in [0.15, 0.2) is 0 Å². The molecule has 1 atom stereocenters. The zero-order valence-electron chi connectivity index (χ0n) is 6.77. The van der Waals surface area contributed by atoms with E-state index in [1.807, 2.05) is 0 Å². The number of rotatable bonds is 0. The Hall–Kier alpha value is -0.120. The van der Waals surface area contributed by atoms with Crippen LogP contribution in [-0.4, -0.2) is 32.1 Å². The van der Waals surface area contributed by atoms with Crippen molar-refractivity contribution < 1.29 is 9.47 Å². The van der Waals surface area contributed by atoms with E-state index in [4.69, 9.17) is 9.47 Å². The van der Waals surface area contributed by atoms with E-state index in [2.05, 4.69) is 5.32 Å². The Morgan fingerprint density at radius 3 is 2.82 bits per heavy atom. The highest BCUT2D eigenvalue weighted by molar-refractivity contribution is 4.83. The van der Waals surface area contributed by atoms with E-state index in [1.165, 1.54) is 0 Å². The van der Waals surface area contributed by atoms with Crippen LogP contribution in [0.5, 0.6) is 0 Å². The fourth-order valence-corrected chi connectivity index (χ4v) is 1.73. The topological polar surface area (TPSA) is 30.5 Å². The van der Waals surface area contributed by atoms with Crippen LogP contribution >= 0.6 is 0 Å². The van der Waals surface area contributed by atoms with Gasteiger partial charge in [-0.25, -0.2) is 0 Å². The second-order valence-corrected chi connectivity index (χ2v) is 3.28. The standard InChI is InChI=1S/C8H15NO2/c1-3-8(7-10-5-1)9-4-2-6-11-8/h9H,1-7H2. The van der Waals surface area contributed by atoms with Crippen LogP contribution in [0.3, 0.4) is 0 Å². The summed E-state index contributed by atoms with van der Waals surface area (Å²) < 4.78 is 11.0. The molecule has 0 amide bonds. The van der Waals surface area contributed by atoms with Crippen LogP contribution in [0.4, 0.5) is 0 Å². The number of hydrogen-bond acceptors (Lipinski definition) is 3. The van der Waals surface area contributed by atoms with Crippen molar-refractivity contribution in [1.29, 1.82) is 0 Å². The smallest absolute Gasteiger partial charge is 0.142 e. The molecule has 2 heterocycles. The average molecular weight is 157 g/mol. The molecule has 3 heteroatoms. The zero-order chi connectivity index (χ0) is 7.57. The molecule has 0 aromatic carbocycles. The lowest BCUT2D eigenvalue weighted by molar-refractivity contribution is -0.163. The number of hydrogen-bond donors (Lipinski definition) is 1. The molecule has 0 aromatic rings. The Kier molecular flexibility index (Phi) is 2.11. The molecule has 2 rings (SSSR count).